The lowest BCUT2D eigenvalue weighted by Crippen LogP contribution is -2.41. The zero-order chi connectivity index (χ0) is 16.8. The summed E-state index contributed by atoms with van der Waals surface area (Å²) in [5, 5.41) is 2.90. The molecule has 0 bridgehead atoms. The standard InChI is InChI=1S/C18H18FNO3/c1-12(21)23-18(14-8-10-15(19)11-9-14)16(20-2)17(22)13-6-4-3-5-7-13/h3-11,16,18,20H,1-2H3. The monoisotopic (exact) mass is 315 g/mol. The molecule has 2 aromatic carbocycles. The predicted octanol–water partition coefficient (Wildman–Crippen LogP) is 2.90. The molecule has 0 radical (unpaired) electrons. The highest BCUT2D eigenvalue weighted by Gasteiger charge is 2.31. The molecule has 120 valence electrons. The van der Waals surface area contributed by atoms with E-state index in [-0.39, 0.29) is 5.78 Å². The summed E-state index contributed by atoms with van der Waals surface area (Å²) < 4.78 is 18.5. The van der Waals surface area contributed by atoms with Gasteiger partial charge in [0.15, 0.2) is 5.78 Å². The molecule has 0 saturated carbocycles. The van der Waals surface area contributed by atoms with Gasteiger partial charge in [-0.2, -0.15) is 0 Å². The molecule has 0 saturated heterocycles. The van der Waals surface area contributed by atoms with Crippen LogP contribution in [0.4, 0.5) is 4.39 Å². The van der Waals surface area contributed by atoms with Crippen molar-refractivity contribution in [2.24, 2.45) is 0 Å². The van der Waals surface area contributed by atoms with Gasteiger partial charge in [0.05, 0.1) is 0 Å². The van der Waals surface area contributed by atoms with Crippen LogP contribution in [0.1, 0.15) is 28.9 Å². The summed E-state index contributed by atoms with van der Waals surface area (Å²) in [6.07, 6.45) is -0.842. The molecule has 0 amide bonds. The van der Waals surface area contributed by atoms with Crippen molar-refractivity contribution in [3.05, 3.63) is 71.5 Å². The summed E-state index contributed by atoms with van der Waals surface area (Å²) in [5.74, 6) is -1.12. The molecule has 4 nitrogen and oxygen atoms in total. The first-order valence-electron chi connectivity index (χ1n) is 7.22. The maximum Gasteiger partial charge on any atom is 0.303 e. The van der Waals surface area contributed by atoms with Gasteiger partial charge < -0.3 is 10.1 Å². The molecule has 0 aromatic heterocycles. The van der Waals surface area contributed by atoms with Crippen molar-refractivity contribution in [1.82, 2.24) is 5.32 Å². The molecule has 0 aliphatic rings. The first-order chi connectivity index (χ1) is 11.0. The van der Waals surface area contributed by atoms with E-state index in [0.29, 0.717) is 11.1 Å². The first kappa shape index (κ1) is 16.8. The van der Waals surface area contributed by atoms with Crippen LogP contribution >= 0.6 is 0 Å². The molecule has 0 aliphatic heterocycles. The van der Waals surface area contributed by atoms with E-state index in [0.717, 1.165) is 0 Å². The van der Waals surface area contributed by atoms with Crippen LogP contribution in [0.3, 0.4) is 0 Å². The summed E-state index contributed by atoms with van der Waals surface area (Å²) in [4.78, 5) is 24.1. The maximum atomic E-state index is 13.1. The van der Waals surface area contributed by atoms with E-state index < -0.39 is 23.9 Å². The van der Waals surface area contributed by atoms with Gasteiger partial charge in [-0.1, -0.05) is 42.5 Å². The van der Waals surface area contributed by atoms with Gasteiger partial charge in [0.1, 0.15) is 18.0 Å². The number of carbonyl (C=O) groups excluding carboxylic acids is 2. The Morgan fingerprint density at radius 1 is 1.04 bits per heavy atom. The number of esters is 1. The highest BCUT2D eigenvalue weighted by atomic mass is 19.1. The Balaban J connectivity index is 2.37. The van der Waals surface area contributed by atoms with E-state index >= 15 is 0 Å². The number of nitrogens with one attached hydrogen (secondary N) is 1. The van der Waals surface area contributed by atoms with E-state index in [1.807, 2.05) is 6.07 Å². The lowest BCUT2D eigenvalue weighted by molar-refractivity contribution is -0.147. The van der Waals surface area contributed by atoms with Crippen molar-refractivity contribution >= 4 is 11.8 Å². The zero-order valence-corrected chi connectivity index (χ0v) is 13.0. The van der Waals surface area contributed by atoms with Crippen molar-refractivity contribution in [1.29, 1.82) is 0 Å². The topological polar surface area (TPSA) is 55.4 Å². The minimum atomic E-state index is -0.842. The van der Waals surface area contributed by atoms with Gasteiger partial charge in [-0.3, -0.25) is 9.59 Å². The third kappa shape index (κ3) is 4.23. The average Bonchev–Trinajstić information content (AvgIpc) is 2.55. The van der Waals surface area contributed by atoms with Crippen LogP contribution in [0.15, 0.2) is 54.6 Å². The number of hydrogen-bond donors (Lipinski definition) is 1. The molecule has 2 unspecified atom stereocenters. The smallest absolute Gasteiger partial charge is 0.303 e. The van der Waals surface area contributed by atoms with Gasteiger partial charge in [0.25, 0.3) is 0 Å². The molecule has 0 spiro atoms. The van der Waals surface area contributed by atoms with Crippen LogP contribution in [-0.4, -0.2) is 24.8 Å². The summed E-state index contributed by atoms with van der Waals surface area (Å²) in [7, 11) is 1.62. The number of halogens is 1. The first-order valence-corrected chi connectivity index (χ1v) is 7.22. The Bertz CT molecular complexity index is 670. The van der Waals surface area contributed by atoms with E-state index in [1.54, 1.807) is 31.3 Å². The third-order valence-electron chi connectivity index (χ3n) is 3.45. The second-order valence-corrected chi connectivity index (χ2v) is 5.08. The summed E-state index contributed by atoms with van der Waals surface area (Å²) >= 11 is 0. The summed E-state index contributed by atoms with van der Waals surface area (Å²) in [5.41, 5.74) is 1.05. The molecule has 0 fully saturated rings. The number of ketones is 1. The van der Waals surface area contributed by atoms with Crippen LogP contribution < -0.4 is 5.32 Å². The minimum absolute atomic E-state index is 0.205. The number of likely N-dealkylation sites (N-methyl/N-ethyl adjacent to an activating group) is 1. The Labute approximate surface area is 134 Å². The number of carbonyl (C=O) groups is 2. The lowest BCUT2D eigenvalue weighted by atomic mass is 9.94. The molecule has 5 heteroatoms. The van der Waals surface area contributed by atoms with Crippen LogP contribution in [0.25, 0.3) is 0 Å². The quantitative estimate of drug-likeness (QED) is 0.658. The molecular weight excluding hydrogens is 297 g/mol. The Kier molecular flexibility index (Phi) is 5.60. The van der Waals surface area contributed by atoms with Crippen LogP contribution in [0.2, 0.25) is 0 Å². The Morgan fingerprint density at radius 3 is 2.17 bits per heavy atom. The highest BCUT2D eigenvalue weighted by Crippen LogP contribution is 2.24. The van der Waals surface area contributed by atoms with Crippen LogP contribution in [0, 0.1) is 5.82 Å². The fraction of sp³-hybridized carbons (Fsp3) is 0.222. The number of benzene rings is 2. The molecule has 2 atom stereocenters. The highest BCUT2D eigenvalue weighted by molar-refractivity contribution is 6.00. The normalized spacial score (nSPS) is 13.2. The van der Waals surface area contributed by atoms with Gasteiger partial charge in [-0.05, 0) is 24.7 Å². The zero-order valence-electron chi connectivity index (χ0n) is 13.0. The van der Waals surface area contributed by atoms with Gasteiger partial charge in [-0.25, -0.2) is 4.39 Å². The average molecular weight is 315 g/mol. The van der Waals surface area contributed by atoms with Crippen molar-refractivity contribution in [3.8, 4) is 0 Å². The van der Waals surface area contributed by atoms with Crippen molar-refractivity contribution in [2.45, 2.75) is 19.1 Å². The molecule has 2 aromatic rings. The second kappa shape index (κ2) is 7.65. The van der Waals surface area contributed by atoms with Crippen molar-refractivity contribution < 1.29 is 18.7 Å². The largest absolute Gasteiger partial charge is 0.455 e. The van der Waals surface area contributed by atoms with Gasteiger partial charge in [0.2, 0.25) is 0 Å². The number of ether oxygens (including phenoxy) is 1. The van der Waals surface area contributed by atoms with Crippen LogP contribution in [0.5, 0.6) is 0 Å². The predicted molar refractivity (Wildman–Crippen MR) is 84.5 cm³/mol. The molecule has 23 heavy (non-hydrogen) atoms. The molecule has 1 N–H and O–H groups in total. The van der Waals surface area contributed by atoms with E-state index in [9.17, 15) is 14.0 Å². The summed E-state index contributed by atoms with van der Waals surface area (Å²) in [6.45, 7) is 1.27. The van der Waals surface area contributed by atoms with E-state index in [1.165, 1.54) is 31.2 Å². The Morgan fingerprint density at radius 2 is 1.65 bits per heavy atom. The van der Waals surface area contributed by atoms with E-state index in [4.69, 9.17) is 4.74 Å². The van der Waals surface area contributed by atoms with Gasteiger partial charge >= 0.3 is 5.97 Å². The maximum absolute atomic E-state index is 13.1. The number of rotatable bonds is 6. The molecule has 0 aliphatic carbocycles. The van der Waals surface area contributed by atoms with E-state index in [2.05, 4.69) is 5.32 Å². The Hall–Kier alpha value is -2.53. The van der Waals surface area contributed by atoms with Crippen LogP contribution in [-0.2, 0) is 9.53 Å². The van der Waals surface area contributed by atoms with Gasteiger partial charge in [0, 0.05) is 12.5 Å². The fourth-order valence-corrected chi connectivity index (χ4v) is 2.36. The lowest BCUT2D eigenvalue weighted by Gasteiger charge is -2.26. The van der Waals surface area contributed by atoms with Gasteiger partial charge in [-0.15, -0.1) is 0 Å². The minimum Gasteiger partial charge on any atom is -0.455 e. The fourth-order valence-electron chi connectivity index (χ4n) is 2.36. The van der Waals surface area contributed by atoms with Crippen molar-refractivity contribution in [3.63, 3.8) is 0 Å². The summed E-state index contributed by atoms with van der Waals surface area (Å²) in [6, 6.07) is 13.5. The number of hydrogen-bond acceptors (Lipinski definition) is 4. The molecule has 2 rings (SSSR count). The SMILES string of the molecule is CNC(C(=O)c1ccccc1)C(OC(C)=O)c1ccc(F)cc1. The van der Waals surface area contributed by atoms with Crippen molar-refractivity contribution in [2.75, 3.05) is 7.05 Å². The second-order valence-electron chi connectivity index (χ2n) is 5.08. The number of Topliss-reactive ketones (excluding diaryl/α,β-unsaturated/α-hetero) is 1. The molecule has 0 heterocycles. The molecular formula is C18H18FNO3. The third-order valence-corrected chi connectivity index (χ3v) is 3.45.